The van der Waals surface area contributed by atoms with Gasteiger partial charge < -0.3 is 15.6 Å². The van der Waals surface area contributed by atoms with E-state index in [0.717, 1.165) is 36.9 Å². The molecular formula is C29H29N3O. The number of rotatable bonds is 4. The Bertz CT molecular complexity index is 1340. The number of aromatic amines is 1. The van der Waals surface area contributed by atoms with Crippen LogP contribution in [0.5, 0.6) is 0 Å². The maximum absolute atomic E-state index is 12.1. The summed E-state index contributed by atoms with van der Waals surface area (Å²) in [6, 6.07) is 24.3. The number of benzene rings is 3. The highest BCUT2D eigenvalue weighted by atomic mass is 16.1. The molecule has 3 N–H and O–H groups in total. The second-order valence-corrected chi connectivity index (χ2v) is 9.40. The van der Waals surface area contributed by atoms with E-state index in [1.165, 1.54) is 45.3 Å². The lowest BCUT2D eigenvalue weighted by atomic mass is 9.89. The maximum Gasteiger partial charge on any atom is 0.251 e. The summed E-state index contributed by atoms with van der Waals surface area (Å²) < 4.78 is 0. The van der Waals surface area contributed by atoms with Gasteiger partial charge in [-0.25, -0.2) is 0 Å². The fourth-order valence-corrected chi connectivity index (χ4v) is 5.56. The van der Waals surface area contributed by atoms with Gasteiger partial charge in [0.25, 0.3) is 5.91 Å². The van der Waals surface area contributed by atoms with Gasteiger partial charge in [-0.1, -0.05) is 48.5 Å². The molecule has 0 saturated heterocycles. The zero-order valence-corrected chi connectivity index (χ0v) is 18.9. The Labute approximate surface area is 194 Å². The molecule has 0 unspecified atom stereocenters. The van der Waals surface area contributed by atoms with Crippen molar-refractivity contribution in [1.82, 2.24) is 15.6 Å². The third kappa shape index (κ3) is 3.65. The van der Waals surface area contributed by atoms with Crippen LogP contribution in [-0.4, -0.2) is 17.4 Å². The summed E-state index contributed by atoms with van der Waals surface area (Å²) in [5, 5.41) is 8.13. The molecule has 6 rings (SSSR count). The van der Waals surface area contributed by atoms with Crippen molar-refractivity contribution in [3.63, 3.8) is 0 Å². The van der Waals surface area contributed by atoms with E-state index in [1.807, 2.05) is 6.07 Å². The van der Waals surface area contributed by atoms with Gasteiger partial charge in [-0.05, 0) is 78.6 Å². The number of nitrogens with one attached hydrogen (secondary N) is 3. The number of H-pyrrole nitrogens is 1. The fraction of sp³-hybridized carbons (Fsp3) is 0.276. The van der Waals surface area contributed by atoms with E-state index in [9.17, 15) is 4.79 Å². The van der Waals surface area contributed by atoms with Crippen LogP contribution in [0.25, 0.3) is 22.0 Å². The van der Waals surface area contributed by atoms with E-state index in [-0.39, 0.29) is 5.91 Å². The smallest absolute Gasteiger partial charge is 0.251 e. The van der Waals surface area contributed by atoms with Crippen molar-refractivity contribution in [3.05, 3.63) is 94.7 Å². The first-order valence-electron chi connectivity index (χ1n) is 12.0. The summed E-state index contributed by atoms with van der Waals surface area (Å²) in [7, 11) is 0. The summed E-state index contributed by atoms with van der Waals surface area (Å²) in [5.74, 6) is 0.0428. The lowest BCUT2D eigenvalue weighted by molar-refractivity contribution is 0.0946. The summed E-state index contributed by atoms with van der Waals surface area (Å²) in [6.45, 7) is 2.97. The Balaban J connectivity index is 1.34. The van der Waals surface area contributed by atoms with Crippen LogP contribution < -0.4 is 10.6 Å². The SMILES string of the molecule is C[C@@H](N[C@@H]1CCCc2c1[nH]c1ccc(-c3ccc4c(c3)CCNC4=O)cc21)c1ccccc1. The Morgan fingerprint density at radius 2 is 1.79 bits per heavy atom. The average Bonchev–Trinajstić information content (AvgIpc) is 3.23. The van der Waals surface area contributed by atoms with Crippen molar-refractivity contribution in [1.29, 1.82) is 0 Å². The second-order valence-electron chi connectivity index (χ2n) is 9.40. The van der Waals surface area contributed by atoms with Gasteiger partial charge in [-0.3, -0.25) is 4.79 Å². The Morgan fingerprint density at radius 3 is 2.67 bits per heavy atom. The average molecular weight is 436 g/mol. The van der Waals surface area contributed by atoms with Gasteiger partial charge in [-0.2, -0.15) is 0 Å². The Hall–Kier alpha value is -3.37. The highest BCUT2D eigenvalue weighted by molar-refractivity contribution is 5.97. The van der Waals surface area contributed by atoms with Crippen LogP contribution >= 0.6 is 0 Å². The molecule has 4 heteroatoms. The number of aryl methyl sites for hydroxylation is 1. The first-order chi connectivity index (χ1) is 16.2. The van der Waals surface area contributed by atoms with E-state index in [2.05, 4.69) is 83.2 Å². The molecule has 1 aliphatic carbocycles. The minimum atomic E-state index is 0.0428. The summed E-state index contributed by atoms with van der Waals surface area (Å²) >= 11 is 0. The molecule has 1 amide bonds. The predicted octanol–water partition coefficient (Wildman–Crippen LogP) is 5.85. The first kappa shape index (κ1) is 20.3. The molecule has 2 heterocycles. The standard InChI is InChI=1S/C29H29N3O/c1-18(19-6-3-2-4-7-19)31-27-9-5-8-24-25-17-21(11-13-26(25)32-28(24)27)20-10-12-23-22(16-20)14-15-30-29(23)33/h2-4,6-7,10-13,16-18,27,31-32H,5,8-9,14-15H2,1H3,(H,30,33)/t18-,27-/m1/s1. The Kier molecular flexibility index (Phi) is 5.03. The zero-order chi connectivity index (χ0) is 22.4. The van der Waals surface area contributed by atoms with Gasteiger partial charge in [0.15, 0.2) is 0 Å². The van der Waals surface area contributed by atoms with Crippen LogP contribution in [0.15, 0.2) is 66.7 Å². The number of amides is 1. The molecule has 2 atom stereocenters. The quantitative estimate of drug-likeness (QED) is 0.377. The number of hydrogen-bond acceptors (Lipinski definition) is 2. The van der Waals surface area contributed by atoms with Gasteiger partial charge in [0.1, 0.15) is 0 Å². The van der Waals surface area contributed by atoms with E-state index >= 15 is 0 Å². The van der Waals surface area contributed by atoms with Crippen LogP contribution in [0, 0.1) is 0 Å². The lowest BCUT2D eigenvalue weighted by Crippen LogP contribution is -2.31. The van der Waals surface area contributed by atoms with E-state index in [4.69, 9.17) is 0 Å². The van der Waals surface area contributed by atoms with Gasteiger partial charge in [0.2, 0.25) is 0 Å². The minimum absolute atomic E-state index is 0.0428. The van der Waals surface area contributed by atoms with Crippen molar-refractivity contribution >= 4 is 16.8 Å². The van der Waals surface area contributed by atoms with Gasteiger partial charge in [-0.15, -0.1) is 0 Å². The molecule has 0 fully saturated rings. The normalized spacial score (nSPS) is 18.5. The molecule has 0 spiro atoms. The first-order valence-corrected chi connectivity index (χ1v) is 12.0. The van der Waals surface area contributed by atoms with E-state index in [1.54, 1.807) is 0 Å². The molecule has 4 aromatic rings. The monoisotopic (exact) mass is 435 g/mol. The largest absolute Gasteiger partial charge is 0.357 e. The zero-order valence-electron chi connectivity index (χ0n) is 18.9. The predicted molar refractivity (Wildman–Crippen MR) is 133 cm³/mol. The minimum Gasteiger partial charge on any atom is -0.357 e. The topological polar surface area (TPSA) is 56.9 Å². The highest BCUT2D eigenvalue weighted by Crippen LogP contribution is 2.38. The summed E-state index contributed by atoms with van der Waals surface area (Å²) in [4.78, 5) is 15.9. The number of fused-ring (bicyclic) bond motifs is 4. The van der Waals surface area contributed by atoms with Crippen LogP contribution in [0.4, 0.5) is 0 Å². The molecule has 0 bridgehead atoms. The summed E-state index contributed by atoms with van der Waals surface area (Å²) in [6.07, 6.45) is 4.35. The van der Waals surface area contributed by atoms with Crippen molar-refractivity contribution in [2.45, 2.75) is 44.7 Å². The third-order valence-electron chi connectivity index (χ3n) is 7.32. The molecule has 166 valence electrons. The van der Waals surface area contributed by atoms with Crippen LogP contribution in [-0.2, 0) is 12.8 Å². The molecule has 1 aliphatic heterocycles. The van der Waals surface area contributed by atoms with Gasteiger partial charge >= 0.3 is 0 Å². The van der Waals surface area contributed by atoms with Crippen LogP contribution in [0.1, 0.15) is 64.6 Å². The van der Waals surface area contributed by atoms with Gasteiger partial charge in [0, 0.05) is 40.8 Å². The third-order valence-corrected chi connectivity index (χ3v) is 7.32. The van der Waals surface area contributed by atoms with E-state index in [0.29, 0.717) is 12.1 Å². The van der Waals surface area contributed by atoms with Crippen LogP contribution in [0.3, 0.4) is 0 Å². The highest BCUT2D eigenvalue weighted by Gasteiger charge is 2.26. The fourth-order valence-electron chi connectivity index (χ4n) is 5.56. The molecule has 0 radical (unpaired) electrons. The molecule has 2 aliphatic rings. The van der Waals surface area contributed by atoms with Crippen molar-refractivity contribution in [2.75, 3.05) is 6.54 Å². The second kappa shape index (κ2) is 8.20. The van der Waals surface area contributed by atoms with Crippen LogP contribution in [0.2, 0.25) is 0 Å². The van der Waals surface area contributed by atoms with Gasteiger partial charge in [0.05, 0.1) is 0 Å². The number of carbonyl (C=O) groups is 1. The number of carbonyl (C=O) groups excluding carboxylic acids is 1. The number of aromatic nitrogens is 1. The Morgan fingerprint density at radius 1 is 0.970 bits per heavy atom. The molecule has 0 saturated carbocycles. The lowest BCUT2D eigenvalue weighted by Gasteiger charge is -2.27. The maximum atomic E-state index is 12.1. The number of hydrogen-bond donors (Lipinski definition) is 3. The molecule has 3 aromatic carbocycles. The molecular weight excluding hydrogens is 406 g/mol. The molecule has 1 aromatic heterocycles. The van der Waals surface area contributed by atoms with E-state index < -0.39 is 0 Å². The molecule has 33 heavy (non-hydrogen) atoms. The van der Waals surface area contributed by atoms with Crippen molar-refractivity contribution in [3.8, 4) is 11.1 Å². The van der Waals surface area contributed by atoms with Crippen molar-refractivity contribution < 1.29 is 4.79 Å². The summed E-state index contributed by atoms with van der Waals surface area (Å²) in [5.41, 5.74) is 9.69. The molecule has 4 nitrogen and oxygen atoms in total. The van der Waals surface area contributed by atoms with Crippen molar-refractivity contribution in [2.24, 2.45) is 0 Å².